The lowest BCUT2D eigenvalue weighted by molar-refractivity contribution is 0.445. The Bertz CT molecular complexity index is 347. The molecule has 0 heterocycles. The van der Waals surface area contributed by atoms with Crippen molar-refractivity contribution < 1.29 is 8.78 Å². The van der Waals surface area contributed by atoms with Crippen LogP contribution in [0.3, 0.4) is 0 Å². The minimum Gasteiger partial charge on any atom is -0.311 e. The molecule has 1 atom stereocenters. The lowest BCUT2D eigenvalue weighted by Crippen LogP contribution is -2.28. The van der Waals surface area contributed by atoms with Crippen LogP contribution in [-0.2, 0) is 6.54 Å². The van der Waals surface area contributed by atoms with Gasteiger partial charge in [0.25, 0.3) is 0 Å². The molecule has 1 unspecified atom stereocenters. The SMILES string of the molecule is CCC(CC)C(Cl)CNCc1cc(F)cc(F)c1. The third-order valence-electron chi connectivity index (χ3n) is 3.15. The molecule has 0 radical (unpaired) electrons. The second-order valence-electron chi connectivity index (χ2n) is 4.50. The molecule has 0 aliphatic carbocycles. The van der Waals surface area contributed by atoms with E-state index in [0.29, 0.717) is 24.6 Å². The third kappa shape index (κ3) is 4.91. The van der Waals surface area contributed by atoms with Crippen molar-refractivity contribution >= 4 is 11.6 Å². The van der Waals surface area contributed by atoms with E-state index in [4.69, 9.17) is 11.6 Å². The molecule has 0 saturated heterocycles. The van der Waals surface area contributed by atoms with Gasteiger partial charge in [0.1, 0.15) is 11.6 Å². The number of alkyl halides is 1. The fraction of sp³-hybridized carbons (Fsp3) is 0.571. The van der Waals surface area contributed by atoms with Gasteiger partial charge < -0.3 is 5.32 Å². The molecule has 102 valence electrons. The first kappa shape index (κ1) is 15.4. The van der Waals surface area contributed by atoms with Gasteiger partial charge in [-0.15, -0.1) is 11.6 Å². The summed E-state index contributed by atoms with van der Waals surface area (Å²) in [4.78, 5) is 0. The maximum Gasteiger partial charge on any atom is 0.126 e. The molecule has 0 bridgehead atoms. The van der Waals surface area contributed by atoms with Gasteiger partial charge in [-0.25, -0.2) is 8.78 Å². The summed E-state index contributed by atoms with van der Waals surface area (Å²) in [5.41, 5.74) is 0.598. The minimum atomic E-state index is -0.547. The first-order valence-electron chi connectivity index (χ1n) is 6.36. The predicted molar refractivity (Wildman–Crippen MR) is 71.8 cm³/mol. The van der Waals surface area contributed by atoms with Crippen molar-refractivity contribution in [3.63, 3.8) is 0 Å². The Labute approximate surface area is 113 Å². The maximum absolute atomic E-state index is 13.0. The zero-order valence-corrected chi connectivity index (χ0v) is 11.6. The molecule has 1 rings (SSSR count). The van der Waals surface area contributed by atoms with E-state index in [1.54, 1.807) is 0 Å². The van der Waals surface area contributed by atoms with Crippen LogP contribution in [0.1, 0.15) is 32.3 Å². The molecule has 0 aliphatic rings. The minimum absolute atomic E-state index is 0.0541. The van der Waals surface area contributed by atoms with E-state index in [1.165, 1.54) is 12.1 Å². The summed E-state index contributed by atoms with van der Waals surface area (Å²) < 4.78 is 25.9. The fourth-order valence-electron chi connectivity index (χ4n) is 2.03. The summed E-state index contributed by atoms with van der Waals surface area (Å²) in [6.45, 7) is 5.31. The lowest BCUT2D eigenvalue weighted by atomic mass is 9.99. The number of nitrogens with one attached hydrogen (secondary N) is 1. The normalized spacial score (nSPS) is 13.0. The van der Waals surface area contributed by atoms with Crippen molar-refractivity contribution in [3.05, 3.63) is 35.4 Å². The molecule has 0 saturated carbocycles. The molecule has 0 aromatic heterocycles. The Morgan fingerprint density at radius 3 is 2.17 bits per heavy atom. The average molecular weight is 276 g/mol. The van der Waals surface area contributed by atoms with Gasteiger partial charge in [-0.2, -0.15) is 0 Å². The first-order valence-corrected chi connectivity index (χ1v) is 6.80. The van der Waals surface area contributed by atoms with Crippen molar-refractivity contribution in [3.8, 4) is 0 Å². The highest BCUT2D eigenvalue weighted by Gasteiger charge is 2.14. The molecule has 0 aliphatic heterocycles. The van der Waals surface area contributed by atoms with E-state index >= 15 is 0 Å². The standard InChI is InChI=1S/C14H20ClF2N/c1-3-11(4-2)14(15)9-18-8-10-5-12(16)7-13(17)6-10/h5-7,11,14,18H,3-4,8-9H2,1-2H3. The quantitative estimate of drug-likeness (QED) is 0.739. The highest BCUT2D eigenvalue weighted by atomic mass is 35.5. The molecular weight excluding hydrogens is 256 g/mol. The highest BCUT2D eigenvalue weighted by molar-refractivity contribution is 6.21. The summed E-state index contributed by atoms with van der Waals surface area (Å²) in [7, 11) is 0. The zero-order valence-electron chi connectivity index (χ0n) is 10.8. The monoisotopic (exact) mass is 275 g/mol. The van der Waals surface area contributed by atoms with Crippen LogP contribution in [-0.4, -0.2) is 11.9 Å². The lowest BCUT2D eigenvalue weighted by Gasteiger charge is -2.19. The Morgan fingerprint density at radius 1 is 1.11 bits per heavy atom. The van der Waals surface area contributed by atoms with Crippen LogP contribution >= 0.6 is 11.6 Å². The van der Waals surface area contributed by atoms with E-state index in [1.807, 2.05) is 0 Å². The summed E-state index contributed by atoms with van der Waals surface area (Å²) in [5, 5.41) is 3.19. The molecule has 0 amide bonds. The maximum atomic E-state index is 13.0. The molecular formula is C14H20ClF2N. The van der Waals surface area contributed by atoms with Crippen molar-refractivity contribution in [1.82, 2.24) is 5.32 Å². The summed E-state index contributed by atoms with van der Waals surface area (Å²) in [6.07, 6.45) is 2.09. The number of hydrogen-bond donors (Lipinski definition) is 1. The highest BCUT2D eigenvalue weighted by Crippen LogP contribution is 2.17. The van der Waals surface area contributed by atoms with Gasteiger partial charge in [0.2, 0.25) is 0 Å². The summed E-state index contributed by atoms with van der Waals surface area (Å²) in [5.74, 6) is -0.619. The smallest absolute Gasteiger partial charge is 0.126 e. The first-order chi connectivity index (χ1) is 8.56. The number of benzene rings is 1. The van der Waals surface area contributed by atoms with Gasteiger partial charge in [-0.1, -0.05) is 26.7 Å². The molecule has 1 N–H and O–H groups in total. The summed E-state index contributed by atoms with van der Waals surface area (Å²) >= 11 is 6.27. The van der Waals surface area contributed by atoms with Crippen LogP contribution in [0.2, 0.25) is 0 Å². The number of rotatable bonds is 7. The Balaban J connectivity index is 2.41. The average Bonchev–Trinajstić information content (AvgIpc) is 2.29. The van der Waals surface area contributed by atoms with Crippen LogP contribution < -0.4 is 5.32 Å². The zero-order chi connectivity index (χ0) is 13.5. The molecule has 4 heteroatoms. The summed E-state index contributed by atoms with van der Waals surface area (Å²) in [6, 6.07) is 3.53. The van der Waals surface area contributed by atoms with Crippen LogP contribution in [0.4, 0.5) is 8.78 Å². The molecule has 0 spiro atoms. The predicted octanol–water partition coefficient (Wildman–Crippen LogP) is 4.10. The van der Waals surface area contributed by atoms with Crippen LogP contribution in [0.5, 0.6) is 0 Å². The molecule has 18 heavy (non-hydrogen) atoms. The van der Waals surface area contributed by atoms with Gasteiger partial charge in [-0.05, 0) is 23.6 Å². The number of halogens is 3. The van der Waals surface area contributed by atoms with E-state index in [2.05, 4.69) is 19.2 Å². The molecule has 0 fully saturated rings. The van der Waals surface area contributed by atoms with Gasteiger partial charge in [-0.3, -0.25) is 0 Å². The second kappa shape index (κ2) is 7.70. The second-order valence-corrected chi connectivity index (χ2v) is 5.06. The van der Waals surface area contributed by atoms with E-state index in [9.17, 15) is 8.78 Å². The largest absolute Gasteiger partial charge is 0.311 e. The van der Waals surface area contributed by atoms with Crippen molar-refractivity contribution in [1.29, 1.82) is 0 Å². The van der Waals surface area contributed by atoms with E-state index in [-0.39, 0.29) is 5.38 Å². The van der Waals surface area contributed by atoms with Crippen LogP contribution in [0.15, 0.2) is 18.2 Å². The fourth-order valence-corrected chi connectivity index (χ4v) is 2.50. The van der Waals surface area contributed by atoms with Crippen LogP contribution in [0.25, 0.3) is 0 Å². The Hall–Kier alpha value is -0.670. The topological polar surface area (TPSA) is 12.0 Å². The number of hydrogen-bond acceptors (Lipinski definition) is 1. The Morgan fingerprint density at radius 2 is 1.67 bits per heavy atom. The third-order valence-corrected chi connectivity index (χ3v) is 3.66. The Kier molecular flexibility index (Phi) is 6.58. The van der Waals surface area contributed by atoms with Crippen molar-refractivity contribution in [2.45, 2.75) is 38.6 Å². The van der Waals surface area contributed by atoms with E-state index in [0.717, 1.165) is 18.9 Å². The van der Waals surface area contributed by atoms with Gasteiger partial charge in [0, 0.05) is 24.5 Å². The van der Waals surface area contributed by atoms with Gasteiger partial charge >= 0.3 is 0 Å². The van der Waals surface area contributed by atoms with Crippen molar-refractivity contribution in [2.75, 3.05) is 6.54 Å². The van der Waals surface area contributed by atoms with Crippen molar-refractivity contribution in [2.24, 2.45) is 5.92 Å². The molecule has 1 aromatic rings. The van der Waals surface area contributed by atoms with E-state index < -0.39 is 11.6 Å². The van der Waals surface area contributed by atoms with Gasteiger partial charge in [0.15, 0.2) is 0 Å². The van der Waals surface area contributed by atoms with Gasteiger partial charge in [0.05, 0.1) is 0 Å². The van der Waals surface area contributed by atoms with Crippen LogP contribution in [0, 0.1) is 17.6 Å². The molecule has 1 aromatic carbocycles. The molecule has 1 nitrogen and oxygen atoms in total.